The van der Waals surface area contributed by atoms with Gasteiger partial charge in [0.15, 0.2) is 11.5 Å². The molecule has 6 nitrogen and oxygen atoms in total. The molecule has 0 radical (unpaired) electrons. The number of aromatic amines is 1. The molecule has 2 heterocycles. The summed E-state index contributed by atoms with van der Waals surface area (Å²) in [6.07, 6.45) is 5.70. The molecule has 1 aliphatic heterocycles. The number of nitrogens with one attached hydrogen (secondary N) is 1. The summed E-state index contributed by atoms with van der Waals surface area (Å²) in [5, 5.41) is 1.27. The van der Waals surface area contributed by atoms with E-state index in [4.69, 9.17) is 14.2 Å². The van der Waals surface area contributed by atoms with Gasteiger partial charge in [0.1, 0.15) is 6.61 Å². The van der Waals surface area contributed by atoms with Crippen molar-refractivity contribution in [3.05, 3.63) is 59.3 Å². The molecule has 1 atom stereocenters. The Labute approximate surface area is 189 Å². The van der Waals surface area contributed by atoms with Gasteiger partial charge in [-0.25, -0.2) is 0 Å². The molecule has 0 saturated heterocycles. The second-order valence-corrected chi connectivity index (χ2v) is 8.17. The Hall–Kier alpha value is -2.99. The van der Waals surface area contributed by atoms with E-state index in [1.54, 1.807) is 14.2 Å². The highest BCUT2D eigenvalue weighted by Crippen LogP contribution is 2.40. The van der Waals surface area contributed by atoms with Gasteiger partial charge in [-0.2, -0.15) is 0 Å². The first-order valence-corrected chi connectivity index (χ1v) is 11.3. The summed E-state index contributed by atoms with van der Waals surface area (Å²) >= 11 is 0. The van der Waals surface area contributed by atoms with Crippen LogP contribution in [0.4, 0.5) is 0 Å². The summed E-state index contributed by atoms with van der Waals surface area (Å²) < 4.78 is 16.6. The van der Waals surface area contributed by atoms with E-state index in [9.17, 15) is 4.79 Å². The van der Waals surface area contributed by atoms with Crippen molar-refractivity contribution < 1.29 is 19.0 Å². The van der Waals surface area contributed by atoms with Crippen molar-refractivity contribution in [1.29, 1.82) is 0 Å². The maximum Gasteiger partial charge on any atom is 0.249 e. The van der Waals surface area contributed by atoms with Crippen LogP contribution in [0.1, 0.15) is 42.5 Å². The van der Waals surface area contributed by atoms with Crippen LogP contribution in [-0.2, 0) is 22.4 Å². The van der Waals surface area contributed by atoms with Gasteiger partial charge in [0.2, 0.25) is 5.91 Å². The van der Waals surface area contributed by atoms with Crippen molar-refractivity contribution in [2.24, 2.45) is 0 Å². The molecule has 0 saturated carbocycles. The maximum atomic E-state index is 12.9. The highest BCUT2D eigenvalue weighted by Gasteiger charge is 2.31. The van der Waals surface area contributed by atoms with Crippen LogP contribution in [0.5, 0.6) is 11.5 Å². The fourth-order valence-electron chi connectivity index (χ4n) is 4.78. The Morgan fingerprint density at radius 3 is 2.81 bits per heavy atom. The molecule has 1 N–H and O–H groups in total. The zero-order chi connectivity index (χ0) is 22.5. The third kappa shape index (κ3) is 4.46. The number of rotatable bonds is 9. The fourth-order valence-corrected chi connectivity index (χ4v) is 4.78. The Morgan fingerprint density at radius 2 is 2.03 bits per heavy atom. The number of aromatic nitrogens is 1. The van der Waals surface area contributed by atoms with Gasteiger partial charge in [-0.05, 0) is 67.5 Å². The van der Waals surface area contributed by atoms with E-state index in [2.05, 4.69) is 41.5 Å². The van der Waals surface area contributed by atoms with E-state index < -0.39 is 0 Å². The largest absolute Gasteiger partial charge is 0.493 e. The predicted octanol–water partition coefficient (Wildman–Crippen LogP) is 4.67. The van der Waals surface area contributed by atoms with E-state index in [-0.39, 0.29) is 18.6 Å². The van der Waals surface area contributed by atoms with Crippen molar-refractivity contribution in [2.45, 2.75) is 38.6 Å². The van der Waals surface area contributed by atoms with E-state index >= 15 is 0 Å². The molecule has 0 unspecified atom stereocenters. The number of nitrogens with zero attached hydrogens (tertiary/aromatic N) is 1. The second-order valence-electron chi connectivity index (χ2n) is 8.17. The van der Waals surface area contributed by atoms with Crippen LogP contribution < -0.4 is 9.47 Å². The summed E-state index contributed by atoms with van der Waals surface area (Å²) in [6.45, 7) is 3.31. The lowest BCUT2D eigenvalue weighted by Crippen LogP contribution is -2.42. The molecule has 6 heteroatoms. The lowest BCUT2D eigenvalue weighted by atomic mass is 9.88. The van der Waals surface area contributed by atoms with Gasteiger partial charge in [0.25, 0.3) is 0 Å². The molecule has 2 aromatic carbocycles. The first-order valence-electron chi connectivity index (χ1n) is 11.3. The molecule has 170 valence electrons. The van der Waals surface area contributed by atoms with E-state index in [1.165, 1.54) is 16.5 Å². The molecule has 3 aromatic rings. The smallest absolute Gasteiger partial charge is 0.249 e. The molecular weight excluding hydrogens is 404 g/mol. The summed E-state index contributed by atoms with van der Waals surface area (Å²) in [4.78, 5) is 18.2. The van der Waals surface area contributed by atoms with E-state index in [1.807, 2.05) is 17.9 Å². The molecule has 1 aromatic heterocycles. The topological polar surface area (TPSA) is 63.8 Å². The van der Waals surface area contributed by atoms with Crippen molar-refractivity contribution in [1.82, 2.24) is 9.88 Å². The molecule has 1 aliphatic rings. The summed E-state index contributed by atoms with van der Waals surface area (Å²) in [5.74, 6) is 1.51. The summed E-state index contributed by atoms with van der Waals surface area (Å²) in [5.41, 5.74) is 4.86. The van der Waals surface area contributed by atoms with Crippen LogP contribution in [0.2, 0.25) is 0 Å². The zero-order valence-electron chi connectivity index (χ0n) is 19.1. The average molecular weight is 437 g/mol. The minimum atomic E-state index is -0.00304. The van der Waals surface area contributed by atoms with Crippen LogP contribution in [-0.4, -0.2) is 49.8 Å². The lowest BCUT2D eigenvalue weighted by molar-refractivity contribution is -0.138. The molecular formula is C26H32N2O4. The van der Waals surface area contributed by atoms with Gasteiger partial charge in [0, 0.05) is 30.8 Å². The molecule has 32 heavy (non-hydrogen) atoms. The number of ether oxygens (including phenoxy) is 3. The van der Waals surface area contributed by atoms with Gasteiger partial charge in [-0.3, -0.25) is 4.79 Å². The number of H-pyrrole nitrogens is 1. The number of methoxy groups -OCH3 is 2. The number of fused-ring (bicyclic) bond motifs is 2. The number of hydrogen-bond donors (Lipinski definition) is 1. The van der Waals surface area contributed by atoms with Crippen LogP contribution in [0.25, 0.3) is 10.9 Å². The van der Waals surface area contributed by atoms with Gasteiger partial charge >= 0.3 is 0 Å². The first kappa shape index (κ1) is 22.2. The van der Waals surface area contributed by atoms with Crippen LogP contribution in [0.3, 0.4) is 0 Å². The molecule has 0 fully saturated rings. The monoisotopic (exact) mass is 436 g/mol. The number of benzene rings is 2. The summed E-state index contributed by atoms with van der Waals surface area (Å²) in [7, 11) is 3.24. The highest BCUT2D eigenvalue weighted by atomic mass is 16.5. The number of carbonyl (C=O) groups excluding carboxylic acids is 1. The number of aryl methyl sites for hydroxylation is 1. The minimum absolute atomic E-state index is 0.00304. The fraction of sp³-hybridized carbons (Fsp3) is 0.423. The maximum absolute atomic E-state index is 12.9. The Bertz CT molecular complexity index is 1070. The Morgan fingerprint density at radius 1 is 1.19 bits per heavy atom. The Kier molecular flexibility index (Phi) is 7.00. The molecule has 4 rings (SSSR count). The summed E-state index contributed by atoms with van der Waals surface area (Å²) in [6, 6.07) is 12.5. The van der Waals surface area contributed by atoms with Crippen molar-refractivity contribution in [3.8, 4) is 11.5 Å². The molecule has 0 bridgehead atoms. The molecule has 0 spiro atoms. The third-order valence-electron chi connectivity index (χ3n) is 6.27. The van der Waals surface area contributed by atoms with E-state index in [0.29, 0.717) is 13.2 Å². The van der Waals surface area contributed by atoms with Gasteiger partial charge in [0.05, 0.1) is 19.8 Å². The predicted molar refractivity (Wildman–Crippen MR) is 125 cm³/mol. The normalized spacial score (nSPS) is 15.6. The number of hydrogen-bond acceptors (Lipinski definition) is 4. The van der Waals surface area contributed by atoms with Gasteiger partial charge in [-0.1, -0.05) is 18.2 Å². The average Bonchev–Trinajstić information content (AvgIpc) is 3.22. The van der Waals surface area contributed by atoms with Gasteiger partial charge in [-0.15, -0.1) is 0 Å². The second kappa shape index (κ2) is 10.1. The van der Waals surface area contributed by atoms with Crippen LogP contribution in [0.15, 0.2) is 42.6 Å². The SMILES string of the molecule is CCOc1cc2c(cc1OC)CCN(C(=O)COC)[C@H]2CCCc1c[nH]c2ccccc12. The van der Waals surface area contributed by atoms with Crippen molar-refractivity contribution in [3.63, 3.8) is 0 Å². The minimum Gasteiger partial charge on any atom is -0.493 e. The third-order valence-corrected chi connectivity index (χ3v) is 6.27. The zero-order valence-corrected chi connectivity index (χ0v) is 19.1. The number of amides is 1. The lowest BCUT2D eigenvalue weighted by Gasteiger charge is -2.38. The highest BCUT2D eigenvalue weighted by molar-refractivity contribution is 5.83. The Balaban J connectivity index is 1.59. The van der Waals surface area contributed by atoms with Gasteiger partial charge < -0.3 is 24.1 Å². The van der Waals surface area contributed by atoms with Crippen LogP contribution in [0, 0.1) is 0 Å². The number of para-hydroxylation sites is 1. The molecule has 1 amide bonds. The number of carbonyl (C=O) groups is 1. The van der Waals surface area contributed by atoms with E-state index in [0.717, 1.165) is 48.3 Å². The first-order chi connectivity index (χ1) is 15.7. The quantitative estimate of drug-likeness (QED) is 0.529. The van der Waals surface area contributed by atoms with Crippen molar-refractivity contribution >= 4 is 16.8 Å². The standard InChI is InChI=1S/C26H32N2O4/c1-4-32-25-15-21-18(14-24(25)31-3)12-13-28(26(29)17-30-2)23(21)11-7-8-19-16-27-22-10-6-5-9-20(19)22/h5-6,9-10,14-16,23,27H,4,7-8,11-13,17H2,1-3H3/t23-/m0/s1. The molecule has 0 aliphatic carbocycles. The van der Waals surface area contributed by atoms with Crippen LogP contribution >= 0.6 is 0 Å². The van der Waals surface area contributed by atoms with Crippen molar-refractivity contribution in [2.75, 3.05) is 34.0 Å².